The van der Waals surface area contributed by atoms with E-state index >= 15 is 0 Å². The second-order valence-corrected chi connectivity index (χ2v) is 11.0. The van der Waals surface area contributed by atoms with Gasteiger partial charge in [-0.2, -0.15) is 0 Å². The van der Waals surface area contributed by atoms with Crippen LogP contribution < -0.4 is 5.43 Å². The van der Waals surface area contributed by atoms with Gasteiger partial charge in [0.15, 0.2) is 0 Å². The predicted molar refractivity (Wildman–Crippen MR) is 115 cm³/mol. The van der Waals surface area contributed by atoms with Gasteiger partial charge in [-0.1, -0.05) is 47.6 Å². The fourth-order valence-electron chi connectivity index (χ4n) is 3.54. The molecule has 0 fully saturated rings. The van der Waals surface area contributed by atoms with E-state index in [1.54, 1.807) is 45.0 Å². The van der Waals surface area contributed by atoms with E-state index in [9.17, 15) is 13.2 Å². The Morgan fingerprint density at radius 2 is 1.76 bits per heavy atom. The monoisotopic (exact) mass is 422 g/mol. The van der Waals surface area contributed by atoms with Gasteiger partial charge in [0, 0.05) is 0 Å². The zero-order chi connectivity index (χ0) is 22.0. The summed E-state index contributed by atoms with van der Waals surface area (Å²) in [4.78, 5) is 12.7. The number of amides is 1. The molecule has 2 atom stereocenters. The van der Waals surface area contributed by atoms with Crippen LogP contribution in [-0.4, -0.2) is 30.6 Å². The quantitative estimate of drug-likeness (QED) is 0.546. The van der Waals surface area contributed by atoms with E-state index < -0.39 is 27.8 Å². The third kappa shape index (κ3) is 6.06. The van der Waals surface area contributed by atoms with Crippen molar-refractivity contribution in [1.82, 2.24) is 9.84 Å². The fourth-order valence-corrected chi connectivity index (χ4v) is 4.98. The highest BCUT2D eigenvalue weighted by molar-refractivity contribution is 7.89. The zero-order valence-corrected chi connectivity index (χ0v) is 19.3. The van der Waals surface area contributed by atoms with E-state index in [1.807, 2.05) is 19.9 Å². The molecule has 162 valence electrons. The van der Waals surface area contributed by atoms with Crippen molar-refractivity contribution in [2.75, 3.05) is 0 Å². The van der Waals surface area contributed by atoms with Gasteiger partial charge in [0.05, 0.1) is 10.9 Å². The molecule has 0 aliphatic heterocycles. The Kier molecular flexibility index (Phi) is 7.17. The number of allylic oxidation sites excluding steroid dienone is 1. The molecule has 0 radical (unpaired) electrons. The van der Waals surface area contributed by atoms with Crippen LogP contribution in [0.1, 0.15) is 59.9 Å². The van der Waals surface area contributed by atoms with Crippen molar-refractivity contribution >= 4 is 16.1 Å². The van der Waals surface area contributed by atoms with Crippen molar-refractivity contribution in [3.8, 4) is 0 Å². The smallest absolute Gasteiger partial charge is 0.423 e. The van der Waals surface area contributed by atoms with Crippen molar-refractivity contribution in [3.05, 3.63) is 41.5 Å². The number of ether oxygens (including phenoxy) is 1. The van der Waals surface area contributed by atoms with Crippen LogP contribution >= 0.6 is 0 Å². The molecule has 1 aliphatic carbocycles. The molecule has 1 amide bonds. The van der Waals surface area contributed by atoms with Crippen LogP contribution in [0, 0.1) is 18.8 Å². The molecule has 0 unspecified atom stereocenters. The molecule has 1 aromatic carbocycles. The topological polar surface area (TPSA) is 75.7 Å². The Labute approximate surface area is 175 Å². The summed E-state index contributed by atoms with van der Waals surface area (Å²) >= 11 is 0. The zero-order valence-electron chi connectivity index (χ0n) is 18.5. The lowest BCUT2D eigenvalue weighted by Crippen LogP contribution is -2.55. The van der Waals surface area contributed by atoms with Crippen molar-refractivity contribution in [2.24, 2.45) is 11.8 Å². The number of benzene rings is 1. The molecule has 1 aliphatic rings. The van der Waals surface area contributed by atoms with Gasteiger partial charge in [-0.15, -0.1) is 0 Å². The second kappa shape index (κ2) is 8.88. The Morgan fingerprint density at radius 1 is 1.17 bits per heavy atom. The van der Waals surface area contributed by atoms with E-state index in [4.69, 9.17) is 4.74 Å². The van der Waals surface area contributed by atoms with Crippen molar-refractivity contribution in [1.29, 1.82) is 0 Å². The molecule has 0 spiro atoms. The first-order valence-corrected chi connectivity index (χ1v) is 11.5. The fraction of sp³-hybridized carbons (Fsp3) is 0.591. The first kappa shape index (κ1) is 23.4. The summed E-state index contributed by atoms with van der Waals surface area (Å²) < 4.78 is 33.5. The van der Waals surface area contributed by atoms with Crippen molar-refractivity contribution in [3.63, 3.8) is 0 Å². The first-order valence-electron chi connectivity index (χ1n) is 10.1. The third-order valence-corrected chi connectivity index (χ3v) is 6.79. The molecule has 0 saturated carbocycles. The van der Waals surface area contributed by atoms with Crippen molar-refractivity contribution < 1.29 is 17.9 Å². The molecule has 0 aromatic heterocycles. The second-order valence-electron chi connectivity index (χ2n) is 9.18. The van der Waals surface area contributed by atoms with Gasteiger partial charge < -0.3 is 4.74 Å². The van der Waals surface area contributed by atoms with Crippen LogP contribution in [0.2, 0.25) is 0 Å². The minimum absolute atomic E-state index is 0.0776. The number of carbonyl (C=O) groups is 1. The van der Waals surface area contributed by atoms with Crippen LogP contribution in [0.3, 0.4) is 0 Å². The number of rotatable bonds is 5. The highest BCUT2D eigenvalue weighted by atomic mass is 32.2. The van der Waals surface area contributed by atoms with Crippen LogP contribution in [0.5, 0.6) is 0 Å². The average molecular weight is 423 g/mol. The van der Waals surface area contributed by atoms with Gasteiger partial charge in [0.2, 0.25) is 0 Å². The lowest BCUT2D eigenvalue weighted by Gasteiger charge is -2.39. The number of hydrogen-bond acceptors (Lipinski definition) is 4. The number of aryl methyl sites for hydroxylation is 1. The SMILES string of the molecule is CC1=C[C@@H](N(NC(=O)OC(C)(C)C)S(=O)(=O)c2ccc(C)cc2)[C@H](C(C)C)CC1. The number of hydrogen-bond donors (Lipinski definition) is 1. The lowest BCUT2D eigenvalue weighted by molar-refractivity contribution is 0.0366. The Hall–Kier alpha value is -1.86. The number of nitrogens with zero attached hydrogens (tertiary/aromatic N) is 1. The van der Waals surface area contributed by atoms with Gasteiger partial charge >= 0.3 is 6.09 Å². The average Bonchev–Trinajstić information content (AvgIpc) is 2.58. The summed E-state index contributed by atoms with van der Waals surface area (Å²) in [5.41, 5.74) is 3.88. The summed E-state index contributed by atoms with van der Waals surface area (Å²) in [5, 5.41) is 0. The van der Waals surface area contributed by atoms with Crippen LogP contribution in [0.25, 0.3) is 0 Å². The highest BCUT2D eigenvalue weighted by Gasteiger charge is 2.39. The standard InChI is InChI=1S/C22H34N2O4S/c1-15(2)19-13-10-17(4)14-20(19)24(23-21(25)28-22(5,6)7)29(26,27)18-11-8-16(3)9-12-18/h8-9,11-12,14-15,19-20H,10,13H2,1-7H3,(H,23,25)/t19-,20+/m0/s1. The molecule has 6 nitrogen and oxygen atoms in total. The van der Waals surface area contributed by atoms with E-state index in [0.717, 1.165) is 28.4 Å². The number of carbonyl (C=O) groups excluding carboxylic acids is 1. The summed E-state index contributed by atoms with van der Waals surface area (Å²) in [6, 6.07) is 6.15. The minimum Gasteiger partial charge on any atom is -0.443 e. The maximum absolute atomic E-state index is 13.5. The van der Waals surface area contributed by atoms with Gasteiger partial charge in [-0.05, 0) is 71.4 Å². The molecule has 1 N–H and O–H groups in total. The van der Waals surface area contributed by atoms with Gasteiger partial charge in [-0.25, -0.2) is 18.6 Å². The van der Waals surface area contributed by atoms with Gasteiger partial charge in [-0.3, -0.25) is 0 Å². The maximum Gasteiger partial charge on any atom is 0.423 e. The Bertz CT molecular complexity index is 852. The third-order valence-electron chi connectivity index (χ3n) is 5.07. The number of hydrazine groups is 1. The predicted octanol–water partition coefficient (Wildman–Crippen LogP) is 4.81. The Morgan fingerprint density at radius 3 is 2.28 bits per heavy atom. The Balaban J connectivity index is 2.51. The number of sulfonamides is 1. The van der Waals surface area contributed by atoms with Crippen LogP contribution in [0.15, 0.2) is 40.8 Å². The molecule has 1 aromatic rings. The van der Waals surface area contributed by atoms with Crippen LogP contribution in [-0.2, 0) is 14.8 Å². The molecule has 0 saturated heterocycles. The highest BCUT2D eigenvalue weighted by Crippen LogP contribution is 2.34. The maximum atomic E-state index is 13.5. The van der Waals surface area contributed by atoms with E-state index in [2.05, 4.69) is 19.3 Å². The van der Waals surface area contributed by atoms with Gasteiger partial charge in [0.1, 0.15) is 5.60 Å². The molecule has 29 heavy (non-hydrogen) atoms. The lowest BCUT2D eigenvalue weighted by atomic mass is 9.79. The number of nitrogens with one attached hydrogen (secondary N) is 1. The molecular formula is C22H34N2O4S. The normalized spacial score (nSPS) is 20.5. The van der Waals surface area contributed by atoms with E-state index in [0.29, 0.717) is 0 Å². The molecule has 0 heterocycles. The molecule has 7 heteroatoms. The molecule has 2 rings (SSSR count). The van der Waals surface area contributed by atoms with Gasteiger partial charge in [0.25, 0.3) is 10.0 Å². The molecule has 0 bridgehead atoms. The summed E-state index contributed by atoms with van der Waals surface area (Å²) in [5.74, 6) is 0.328. The summed E-state index contributed by atoms with van der Waals surface area (Å²) in [6.45, 7) is 13.3. The summed E-state index contributed by atoms with van der Waals surface area (Å²) in [7, 11) is -3.98. The van der Waals surface area contributed by atoms with E-state index in [1.165, 1.54) is 0 Å². The van der Waals surface area contributed by atoms with Crippen molar-refractivity contribution in [2.45, 2.75) is 77.8 Å². The molecular weight excluding hydrogens is 388 g/mol. The van der Waals surface area contributed by atoms with E-state index in [-0.39, 0.29) is 16.7 Å². The minimum atomic E-state index is -3.98. The first-order chi connectivity index (χ1) is 13.3. The summed E-state index contributed by atoms with van der Waals surface area (Å²) in [6.07, 6.45) is 2.95. The largest absolute Gasteiger partial charge is 0.443 e. The van der Waals surface area contributed by atoms with Crippen LogP contribution in [0.4, 0.5) is 4.79 Å².